The van der Waals surface area contributed by atoms with Crippen LogP contribution in [0.3, 0.4) is 0 Å². The summed E-state index contributed by atoms with van der Waals surface area (Å²) >= 11 is 5.94. The summed E-state index contributed by atoms with van der Waals surface area (Å²) in [5, 5.41) is 0. The molecule has 0 amide bonds. The number of aromatic nitrogens is 2. The molecule has 0 spiro atoms. The van der Waals surface area contributed by atoms with Gasteiger partial charge >= 0.3 is 0 Å². The molecule has 3 nitrogen and oxygen atoms in total. The van der Waals surface area contributed by atoms with Gasteiger partial charge in [0.25, 0.3) is 0 Å². The second-order valence-electron chi connectivity index (χ2n) is 5.61. The number of alkyl halides is 1. The Hall–Kier alpha value is -1.06. The number of likely N-dealkylation sites (tertiary alicyclic amines) is 1. The van der Waals surface area contributed by atoms with Gasteiger partial charge in [0, 0.05) is 25.4 Å². The van der Waals surface area contributed by atoms with E-state index < -0.39 is 0 Å². The first-order chi connectivity index (χ1) is 9.79. The number of fused-ring (bicyclic) bond motifs is 1. The molecule has 1 fully saturated rings. The van der Waals surface area contributed by atoms with Crippen molar-refractivity contribution in [3.05, 3.63) is 29.6 Å². The largest absolute Gasteiger partial charge is 0.326 e. The Labute approximate surface area is 125 Å². The molecule has 1 aliphatic heterocycles. The zero-order chi connectivity index (χ0) is 13.9. The van der Waals surface area contributed by atoms with Crippen LogP contribution >= 0.6 is 11.6 Å². The average Bonchev–Trinajstić information content (AvgIpc) is 3.05. The maximum atomic E-state index is 5.94. The minimum absolute atomic E-state index is 0.631. The van der Waals surface area contributed by atoms with Crippen molar-refractivity contribution >= 4 is 22.6 Å². The molecule has 1 aliphatic rings. The molecule has 1 aromatic carbocycles. The van der Waals surface area contributed by atoms with E-state index in [0.717, 1.165) is 30.9 Å². The molecule has 108 valence electrons. The van der Waals surface area contributed by atoms with Gasteiger partial charge in [-0.2, -0.15) is 0 Å². The number of imidazole rings is 1. The van der Waals surface area contributed by atoms with E-state index in [1.165, 1.54) is 37.0 Å². The van der Waals surface area contributed by atoms with Gasteiger partial charge in [-0.25, -0.2) is 4.98 Å². The highest BCUT2D eigenvalue weighted by Gasteiger charge is 2.15. The lowest BCUT2D eigenvalue weighted by Gasteiger charge is -2.17. The van der Waals surface area contributed by atoms with E-state index >= 15 is 0 Å². The van der Waals surface area contributed by atoms with E-state index in [1.807, 2.05) is 0 Å². The van der Waals surface area contributed by atoms with E-state index in [9.17, 15) is 0 Å². The fourth-order valence-electron chi connectivity index (χ4n) is 3.18. The SMILES string of the molecule is Cc1cccc2nc(CCCl)n(CCN3CCCC3)c12. The third-order valence-corrected chi connectivity index (χ3v) is 4.39. The van der Waals surface area contributed by atoms with Gasteiger partial charge in [0.15, 0.2) is 0 Å². The molecule has 0 unspecified atom stereocenters. The maximum Gasteiger partial charge on any atom is 0.111 e. The third-order valence-electron chi connectivity index (χ3n) is 4.20. The standard InChI is InChI=1S/C16H22ClN3/c1-13-5-4-6-14-16(13)20(15(18-14)7-8-17)12-11-19-9-2-3-10-19/h4-6H,2-3,7-12H2,1H3. The molecule has 2 heterocycles. The van der Waals surface area contributed by atoms with Crippen LogP contribution in [0.2, 0.25) is 0 Å². The van der Waals surface area contributed by atoms with Gasteiger partial charge in [-0.05, 0) is 44.5 Å². The lowest BCUT2D eigenvalue weighted by Crippen LogP contribution is -2.24. The molecule has 1 saturated heterocycles. The van der Waals surface area contributed by atoms with E-state index in [-0.39, 0.29) is 0 Å². The number of hydrogen-bond acceptors (Lipinski definition) is 2. The lowest BCUT2D eigenvalue weighted by atomic mass is 10.2. The number of benzene rings is 1. The first kappa shape index (κ1) is 13.9. The normalized spacial score (nSPS) is 16.3. The van der Waals surface area contributed by atoms with Gasteiger partial charge < -0.3 is 9.47 Å². The third kappa shape index (κ3) is 2.70. The molecule has 0 N–H and O–H groups in total. The summed E-state index contributed by atoms with van der Waals surface area (Å²) in [6.45, 7) is 6.80. The molecule has 4 heteroatoms. The summed E-state index contributed by atoms with van der Waals surface area (Å²) in [5.41, 5.74) is 3.69. The quantitative estimate of drug-likeness (QED) is 0.789. The molecule has 2 aromatic rings. The van der Waals surface area contributed by atoms with Crippen molar-refractivity contribution < 1.29 is 0 Å². The van der Waals surface area contributed by atoms with Gasteiger partial charge in [0.05, 0.1) is 11.0 Å². The van der Waals surface area contributed by atoms with Crippen molar-refractivity contribution in [2.24, 2.45) is 0 Å². The van der Waals surface area contributed by atoms with E-state index in [1.54, 1.807) is 0 Å². The smallest absolute Gasteiger partial charge is 0.111 e. The van der Waals surface area contributed by atoms with Crippen molar-refractivity contribution in [3.63, 3.8) is 0 Å². The summed E-state index contributed by atoms with van der Waals surface area (Å²) in [6, 6.07) is 6.35. The monoisotopic (exact) mass is 291 g/mol. The molecule has 0 bridgehead atoms. The van der Waals surface area contributed by atoms with Crippen molar-refractivity contribution in [2.75, 3.05) is 25.5 Å². The Kier molecular flexibility index (Phi) is 4.27. The van der Waals surface area contributed by atoms with Crippen LogP contribution in [-0.2, 0) is 13.0 Å². The highest BCUT2D eigenvalue weighted by Crippen LogP contribution is 2.21. The fraction of sp³-hybridized carbons (Fsp3) is 0.562. The minimum Gasteiger partial charge on any atom is -0.326 e. The van der Waals surface area contributed by atoms with Crippen LogP contribution in [0.4, 0.5) is 0 Å². The fourth-order valence-corrected chi connectivity index (χ4v) is 3.35. The molecule has 3 rings (SSSR count). The molecule has 0 aliphatic carbocycles. The Balaban J connectivity index is 1.90. The van der Waals surface area contributed by atoms with Crippen molar-refractivity contribution in [1.82, 2.24) is 14.5 Å². The maximum absolute atomic E-state index is 5.94. The van der Waals surface area contributed by atoms with Gasteiger partial charge in [-0.15, -0.1) is 11.6 Å². The summed E-state index contributed by atoms with van der Waals surface area (Å²) in [7, 11) is 0. The van der Waals surface area contributed by atoms with Crippen LogP contribution < -0.4 is 0 Å². The predicted molar refractivity (Wildman–Crippen MR) is 84.6 cm³/mol. The molecular weight excluding hydrogens is 270 g/mol. The zero-order valence-electron chi connectivity index (χ0n) is 12.1. The number of para-hydroxylation sites is 1. The van der Waals surface area contributed by atoms with Crippen LogP contribution in [0.15, 0.2) is 18.2 Å². The molecule has 0 saturated carbocycles. The molecule has 1 aromatic heterocycles. The van der Waals surface area contributed by atoms with Gasteiger partial charge in [-0.1, -0.05) is 12.1 Å². The second kappa shape index (κ2) is 6.15. The minimum atomic E-state index is 0.631. The summed E-state index contributed by atoms with van der Waals surface area (Å²) < 4.78 is 2.38. The number of nitrogens with zero attached hydrogens (tertiary/aromatic N) is 3. The molecular formula is C16H22ClN3. The van der Waals surface area contributed by atoms with Gasteiger partial charge in [0.2, 0.25) is 0 Å². The molecule has 0 radical (unpaired) electrons. The van der Waals surface area contributed by atoms with Crippen LogP contribution in [0.1, 0.15) is 24.2 Å². The highest BCUT2D eigenvalue weighted by molar-refractivity contribution is 6.17. The van der Waals surface area contributed by atoms with E-state index in [0.29, 0.717) is 5.88 Å². The lowest BCUT2D eigenvalue weighted by molar-refractivity contribution is 0.322. The Bertz CT molecular complexity index is 585. The Morgan fingerprint density at radius 3 is 2.75 bits per heavy atom. The van der Waals surface area contributed by atoms with Crippen molar-refractivity contribution in [2.45, 2.75) is 32.7 Å². The van der Waals surface area contributed by atoms with E-state index in [2.05, 4.69) is 34.6 Å². The predicted octanol–water partition coefficient (Wildman–Crippen LogP) is 3.22. The Morgan fingerprint density at radius 2 is 2.00 bits per heavy atom. The number of aryl methyl sites for hydroxylation is 2. The van der Waals surface area contributed by atoms with Crippen molar-refractivity contribution in [1.29, 1.82) is 0 Å². The first-order valence-electron chi connectivity index (χ1n) is 7.52. The van der Waals surface area contributed by atoms with Crippen LogP contribution in [0.5, 0.6) is 0 Å². The summed E-state index contributed by atoms with van der Waals surface area (Å²) in [4.78, 5) is 7.32. The summed E-state index contributed by atoms with van der Waals surface area (Å²) in [5.74, 6) is 1.76. The van der Waals surface area contributed by atoms with Gasteiger partial charge in [-0.3, -0.25) is 0 Å². The van der Waals surface area contributed by atoms with Crippen molar-refractivity contribution in [3.8, 4) is 0 Å². The van der Waals surface area contributed by atoms with Crippen LogP contribution in [0.25, 0.3) is 11.0 Å². The summed E-state index contributed by atoms with van der Waals surface area (Å²) in [6.07, 6.45) is 3.53. The van der Waals surface area contributed by atoms with E-state index in [4.69, 9.17) is 16.6 Å². The van der Waals surface area contributed by atoms with Gasteiger partial charge in [0.1, 0.15) is 5.82 Å². The second-order valence-corrected chi connectivity index (χ2v) is 5.99. The highest BCUT2D eigenvalue weighted by atomic mass is 35.5. The number of hydrogen-bond donors (Lipinski definition) is 0. The zero-order valence-corrected chi connectivity index (χ0v) is 12.9. The first-order valence-corrected chi connectivity index (χ1v) is 8.06. The topological polar surface area (TPSA) is 21.1 Å². The molecule has 20 heavy (non-hydrogen) atoms. The number of rotatable bonds is 5. The Morgan fingerprint density at radius 1 is 1.20 bits per heavy atom. The van der Waals surface area contributed by atoms with Crippen LogP contribution in [-0.4, -0.2) is 40.0 Å². The average molecular weight is 292 g/mol. The molecule has 0 atom stereocenters. The number of halogens is 1. The van der Waals surface area contributed by atoms with Crippen LogP contribution in [0, 0.1) is 6.92 Å².